The lowest BCUT2D eigenvalue weighted by atomic mass is 10.1. The minimum absolute atomic E-state index is 0.228. The molecule has 16 heavy (non-hydrogen) atoms. The van der Waals surface area contributed by atoms with Gasteiger partial charge in [0.1, 0.15) is 5.82 Å². The number of rotatable bonds is 4. The van der Waals surface area contributed by atoms with Gasteiger partial charge < -0.3 is 5.32 Å². The second-order valence-electron chi connectivity index (χ2n) is 3.61. The zero-order valence-electron chi connectivity index (χ0n) is 8.87. The van der Waals surface area contributed by atoms with E-state index in [9.17, 15) is 17.6 Å². The Bertz CT molecular complexity index is 346. The molecule has 1 N–H and O–H groups in total. The minimum Gasteiger partial charge on any atom is -0.308 e. The quantitative estimate of drug-likeness (QED) is 0.625. The summed E-state index contributed by atoms with van der Waals surface area (Å²) in [5, 5.41) is 2.30. The molecule has 90 valence electrons. The van der Waals surface area contributed by atoms with Crippen LogP contribution in [0.4, 0.5) is 17.6 Å². The van der Waals surface area contributed by atoms with Crippen LogP contribution >= 0.6 is 0 Å². The van der Waals surface area contributed by atoms with E-state index in [0.717, 1.165) is 11.1 Å². The second kappa shape index (κ2) is 5.30. The average molecular weight is 235 g/mol. The predicted octanol–water partition coefficient (Wildman–Crippen LogP) is 2.83. The number of halogens is 4. The molecule has 0 amide bonds. The van der Waals surface area contributed by atoms with Gasteiger partial charge >= 0.3 is 6.18 Å². The maximum atomic E-state index is 12.7. The van der Waals surface area contributed by atoms with Crippen LogP contribution in [0.5, 0.6) is 0 Å². The molecule has 0 saturated carbocycles. The maximum absolute atomic E-state index is 12.7. The monoisotopic (exact) mass is 235 g/mol. The molecule has 0 aromatic heterocycles. The topological polar surface area (TPSA) is 12.0 Å². The summed E-state index contributed by atoms with van der Waals surface area (Å²) in [4.78, 5) is 0. The van der Waals surface area contributed by atoms with Gasteiger partial charge in [-0.15, -0.1) is 0 Å². The van der Waals surface area contributed by atoms with Gasteiger partial charge in [-0.05, 0) is 43.1 Å². The lowest BCUT2D eigenvalue weighted by Crippen LogP contribution is -2.30. The van der Waals surface area contributed by atoms with E-state index in [4.69, 9.17) is 0 Å². The number of hydrogen-bond acceptors (Lipinski definition) is 1. The Morgan fingerprint density at radius 1 is 1.25 bits per heavy atom. The third-order valence-electron chi connectivity index (χ3n) is 2.20. The number of aryl methyl sites for hydroxylation is 1. The molecular formula is C11H13F4N. The summed E-state index contributed by atoms with van der Waals surface area (Å²) in [5.41, 5.74) is 1.62. The summed E-state index contributed by atoms with van der Waals surface area (Å²) in [6, 6.07) is 4.28. The van der Waals surface area contributed by atoms with Crippen LogP contribution in [0.3, 0.4) is 0 Å². The normalized spacial score (nSPS) is 11.8. The van der Waals surface area contributed by atoms with Gasteiger partial charge in [0.25, 0.3) is 0 Å². The van der Waals surface area contributed by atoms with Crippen molar-refractivity contribution in [2.75, 3.05) is 13.1 Å². The smallest absolute Gasteiger partial charge is 0.308 e. The van der Waals surface area contributed by atoms with Crippen molar-refractivity contribution in [2.45, 2.75) is 19.5 Å². The van der Waals surface area contributed by atoms with Crippen LogP contribution in [-0.2, 0) is 6.42 Å². The van der Waals surface area contributed by atoms with Crippen LogP contribution in [-0.4, -0.2) is 19.3 Å². The zero-order valence-corrected chi connectivity index (χ0v) is 8.87. The molecule has 0 radical (unpaired) electrons. The summed E-state index contributed by atoms with van der Waals surface area (Å²) in [7, 11) is 0. The molecule has 0 unspecified atom stereocenters. The fourth-order valence-electron chi connectivity index (χ4n) is 1.39. The van der Waals surface area contributed by atoms with E-state index in [2.05, 4.69) is 5.32 Å². The van der Waals surface area contributed by atoms with Crippen LogP contribution in [0, 0.1) is 12.7 Å². The molecule has 0 aliphatic carbocycles. The second-order valence-corrected chi connectivity index (χ2v) is 3.61. The molecule has 1 rings (SSSR count). The number of nitrogens with one attached hydrogen (secondary N) is 1. The molecule has 0 saturated heterocycles. The zero-order chi connectivity index (χ0) is 12.2. The summed E-state index contributed by atoms with van der Waals surface area (Å²) in [5.74, 6) is -0.329. The average Bonchev–Trinajstić information content (AvgIpc) is 2.13. The molecule has 0 atom stereocenters. The van der Waals surface area contributed by atoms with Gasteiger partial charge in [0.15, 0.2) is 0 Å². The molecule has 0 fully saturated rings. The number of benzene rings is 1. The van der Waals surface area contributed by atoms with Gasteiger partial charge in [-0.1, -0.05) is 6.07 Å². The van der Waals surface area contributed by atoms with Gasteiger partial charge in [0.2, 0.25) is 0 Å². The van der Waals surface area contributed by atoms with Crippen molar-refractivity contribution >= 4 is 0 Å². The van der Waals surface area contributed by atoms with Crippen LogP contribution < -0.4 is 5.32 Å². The van der Waals surface area contributed by atoms with E-state index in [-0.39, 0.29) is 12.4 Å². The highest BCUT2D eigenvalue weighted by Gasteiger charge is 2.25. The highest BCUT2D eigenvalue weighted by molar-refractivity contribution is 5.26. The molecule has 0 spiro atoms. The fourth-order valence-corrected chi connectivity index (χ4v) is 1.39. The van der Waals surface area contributed by atoms with E-state index < -0.39 is 12.7 Å². The molecule has 1 aromatic rings. The Morgan fingerprint density at radius 2 is 1.94 bits per heavy atom. The Labute approximate surface area is 91.5 Å². The first-order valence-corrected chi connectivity index (χ1v) is 4.91. The predicted molar refractivity (Wildman–Crippen MR) is 53.8 cm³/mol. The van der Waals surface area contributed by atoms with E-state index >= 15 is 0 Å². The third kappa shape index (κ3) is 4.61. The highest BCUT2D eigenvalue weighted by atomic mass is 19.4. The van der Waals surface area contributed by atoms with Crippen molar-refractivity contribution < 1.29 is 17.6 Å². The van der Waals surface area contributed by atoms with Crippen molar-refractivity contribution in [1.82, 2.24) is 5.32 Å². The molecule has 5 heteroatoms. The Hall–Kier alpha value is -1.10. The van der Waals surface area contributed by atoms with Crippen molar-refractivity contribution in [2.24, 2.45) is 0 Å². The van der Waals surface area contributed by atoms with Crippen LogP contribution in [0.15, 0.2) is 18.2 Å². The molecule has 0 aliphatic rings. The summed E-state index contributed by atoms with van der Waals surface area (Å²) in [6.45, 7) is 0.974. The van der Waals surface area contributed by atoms with Crippen LogP contribution in [0.2, 0.25) is 0 Å². The van der Waals surface area contributed by atoms with Gasteiger partial charge in [-0.3, -0.25) is 0 Å². The molecule has 1 nitrogen and oxygen atoms in total. The van der Waals surface area contributed by atoms with Crippen molar-refractivity contribution in [3.05, 3.63) is 35.1 Å². The SMILES string of the molecule is Cc1cc(F)ccc1CCNCC(F)(F)F. The van der Waals surface area contributed by atoms with E-state index in [1.54, 1.807) is 13.0 Å². The first-order chi connectivity index (χ1) is 7.38. The van der Waals surface area contributed by atoms with E-state index in [0.29, 0.717) is 6.42 Å². The molecule has 0 aliphatic heterocycles. The van der Waals surface area contributed by atoms with Crippen LogP contribution in [0.25, 0.3) is 0 Å². The summed E-state index contributed by atoms with van der Waals surface area (Å²) >= 11 is 0. The van der Waals surface area contributed by atoms with Gasteiger partial charge in [-0.25, -0.2) is 4.39 Å². The van der Waals surface area contributed by atoms with E-state index in [1.807, 2.05) is 0 Å². The summed E-state index contributed by atoms with van der Waals surface area (Å²) < 4.78 is 48.1. The fraction of sp³-hybridized carbons (Fsp3) is 0.455. The largest absolute Gasteiger partial charge is 0.401 e. The maximum Gasteiger partial charge on any atom is 0.401 e. The molecule has 0 bridgehead atoms. The highest BCUT2D eigenvalue weighted by Crippen LogP contribution is 2.13. The molecule has 1 aromatic carbocycles. The van der Waals surface area contributed by atoms with Gasteiger partial charge in [0.05, 0.1) is 6.54 Å². The van der Waals surface area contributed by atoms with Crippen molar-refractivity contribution in [3.63, 3.8) is 0 Å². The first-order valence-electron chi connectivity index (χ1n) is 4.91. The Balaban J connectivity index is 2.38. The summed E-state index contributed by atoms with van der Waals surface area (Å²) in [6.07, 6.45) is -3.72. The standard InChI is InChI=1S/C11H13F4N/c1-8-6-10(12)3-2-9(8)4-5-16-7-11(13,14)15/h2-3,6,16H,4-5,7H2,1H3. The van der Waals surface area contributed by atoms with Gasteiger partial charge in [0, 0.05) is 0 Å². The third-order valence-corrected chi connectivity index (χ3v) is 2.20. The van der Waals surface area contributed by atoms with Crippen molar-refractivity contribution in [1.29, 1.82) is 0 Å². The van der Waals surface area contributed by atoms with E-state index in [1.165, 1.54) is 12.1 Å². The number of alkyl halides is 3. The molecular weight excluding hydrogens is 222 g/mol. The lowest BCUT2D eigenvalue weighted by molar-refractivity contribution is -0.124. The minimum atomic E-state index is -4.18. The number of hydrogen-bond donors (Lipinski definition) is 1. The first kappa shape index (κ1) is 13.0. The van der Waals surface area contributed by atoms with Crippen molar-refractivity contribution in [3.8, 4) is 0 Å². The van der Waals surface area contributed by atoms with Crippen LogP contribution in [0.1, 0.15) is 11.1 Å². The Morgan fingerprint density at radius 3 is 2.50 bits per heavy atom. The lowest BCUT2D eigenvalue weighted by Gasteiger charge is -2.09. The van der Waals surface area contributed by atoms with Gasteiger partial charge in [-0.2, -0.15) is 13.2 Å². The molecule has 0 heterocycles. The Kier molecular flexibility index (Phi) is 4.29.